The highest BCUT2D eigenvalue weighted by atomic mass is 16.5. The molecule has 0 saturated heterocycles. The first-order chi connectivity index (χ1) is 8.30. The van der Waals surface area contributed by atoms with Crippen molar-refractivity contribution in [2.45, 2.75) is 6.61 Å². The summed E-state index contributed by atoms with van der Waals surface area (Å²) in [6.45, 7) is 8.30. The average Bonchev–Trinajstić information content (AvgIpc) is 2.36. The molecule has 0 saturated carbocycles. The Balaban J connectivity index is 2.54. The predicted molar refractivity (Wildman–Crippen MR) is 68.9 cm³/mol. The van der Waals surface area contributed by atoms with Gasteiger partial charge in [-0.05, 0) is 17.7 Å². The summed E-state index contributed by atoms with van der Waals surface area (Å²) < 4.78 is 10.5. The Kier molecular flexibility index (Phi) is 5.75. The lowest BCUT2D eigenvalue weighted by molar-refractivity contribution is 0.181. The van der Waals surface area contributed by atoms with Crippen molar-refractivity contribution in [3.8, 4) is 5.75 Å². The molecule has 0 spiro atoms. The number of methoxy groups -OCH3 is 1. The normalized spacial score (nSPS) is 11.0. The SMILES string of the molecule is C=C/C=C(\C=C)COc1ccc(COC)nc1. The summed E-state index contributed by atoms with van der Waals surface area (Å²) in [6.07, 6.45) is 7.00. The average molecular weight is 231 g/mol. The van der Waals surface area contributed by atoms with Gasteiger partial charge in [0.15, 0.2) is 0 Å². The fraction of sp³-hybridized carbons (Fsp3) is 0.214. The van der Waals surface area contributed by atoms with Gasteiger partial charge in [0.2, 0.25) is 0 Å². The molecule has 0 amide bonds. The molecular formula is C14H17NO2. The zero-order chi connectivity index (χ0) is 12.5. The first-order valence-electron chi connectivity index (χ1n) is 5.31. The summed E-state index contributed by atoms with van der Waals surface area (Å²) in [5.41, 5.74) is 1.85. The van der Waals surface area contributed by atoms with Gasteiger partial charge in [0.25, 0.3) is 0 Å². The zero-order valence-corrected chi connectivity index (χ0v) is 10.1. The minimum Gasteiger partial charge on any atom is -0.487 e. The molecule has 0 N–H and O–H groups in total. The first-order valence-corrected chi connectivity index (χ1v) is 5.31. The minimum absolute atomic E-state index is 0.459. The summed E-state index contributed by atoms with van der Waals surface area (Å²) in [7, 11) is 1.64. The third kappa shape index (κ3) is 4.66. The fourth-order valence-corrected chi connectivity index (χ4v) is 1.22. The van der Waals surface area contributed by atoms with Crippen LogP contribution < -0.4 is 4.74 Å². The van der Waals surface area contributed by atoms with Crippen molar-refractivity contribution in [1.82, 2.24) is 4.98 Å². The van der Waals surface area contributed by atoms with Gasteiger partial charge < -0.3 is 9.47 Å². The maximum absolute atomic E-state index is 5.55. The Morgan fingerprint density at radius 2 is 2.24 bits per heavy atom. The smallest absolute Gasteiger partial charge is 0.138 e. The van der Waals surface area contributed by atoms with Crippen LogP contribution in [0.15, 0.2) is 55.3 Å². The van der Waals surface area contributed by atoms with Crippen LogP contribution >= 0.6 is 0 Å². The van der Waals surface area contributed by atoms with Crippen LogP contribution in [0.25, 0.3) is 0 Å². The number of pyridine rings is 1. The highest BCUT2D eigenvalue weighted by molar-refractivity contribution is 5.24. The monoisotopic (exact) mass is 231 g/mol. The second kappa shape index (κ2) is 7.41. The number of allylic oxidation sites excluding steroid dienone is 2. The molecule has 1 heterocycles. The van der Waals surface area contributed by atoms with Crippen molar-refractivity contribution in [1.29, 1.82) is 0 Å². The molecule has 0 bridgehead atoms. The zero-order valence-electron chi connectivity index (χ0n) is 10.1. The summed E-state index contributed by atoms with van der Waals surface area (Å²) in [6, 6.07) is 3.75. The van der Waals surface area contributed by atoms with E-state index in [1.54, 1.807) is 25.5 Å². The molecule has 0 aromatic carbocycles. The molecule has 0 unspecified atom stereocenters. The van der Waals surface area contributed by atoms with Gasteiger partial charge in [0, 0.05) is 7.11 Å². The van der Waals surface area contributed by atoms with Crippen LogP contribution in [0.1, 0.15) is 5.69 Å². The third-order valence-electron chi connectivity index (χ3n) is 2.09. The molecule has 0 radical (unpaired) electrons. The van der Waals surface area contributed by atoms with E-state index in [0.717, 1.165) is 17.0 Å². The van der Waals surface area contributed by atoms with Gasteiger partial charge in [-0.1, -0.05) is 31.4 Å². The molecular weight excluding hydrogens is 214 g/mol. The molecule has 3 nitrogen and oxygen atoms in total. The Morgan fingerprint density at radius 1 is 1.41 bits per heavy atom. The molecule has 0 aliphatic rings. The molecule has 90 valence electrons. The van der Waals surface area contributed by atoms with Gasteiger partial charge in [-0.15, -0.1) is 0 Å². The lowest BCUT2D eigenvalue weighted by atomic mass is 10.2. The fourth-order valence-electron chi connectivity index (χ4n) is 1.22. The van der Waals surface area contributed by atoms with Crippen molar-refractivity contribution >= 4 is 0 Å². The van der Waals surface area contributed by atoms with Gasteiger partial charge in [-0.3, -0.25) is 4.98 Å². The lowest BCUT2D eigenvalue weighted by Gasteiger charge is -2.06. The highest BCUT2D eigenvalue weighted by Crippen LogP contribution is 2.11. The Hall–Kier alpha value is -1.87. The summed E-state index contributed by atoms with van der Waals surface area (Å²) in [5, 5.41) is 0. The van der Waals surface area contributed by atoms with Gasteiger partial charge in [-0.2, -0.15) is 0 Å². The molecule has 1 aromatic rings. The van der Waals surface area contributed by atoms with Crippen LogP contribution in [-0.4, -0.2) is 18.7 Å². The van der Waals surface area contributed by atoms with E-state index in [1.165, 1.54) is 0 Å². The Morgan fingerprint density at radius 3 is 2.76 bits per heavy atom. The number of nitrogens with zero attached hydrogens (tertiary/aromatic N) is 1. The van der Waals surface area contributed by atoms with Crippen LogP contribution in [0, 0.1) is 0 Å². The number of aromatic nitrogens is 1. The van der Waals surface area contributed by atoms with Crippen LogP contribution in [0.5, 0.6) is 5.75 Å². The van der Waals surface area contributed by atoms with Crippen LogP contribution in [0.3, 0.4) is 0 Å². The van der Waals surface area contributed by atoms with E-state index in [-0.39, 0.29) is 0 Å². The Labute approximate surface area is 102 Å². The second-order valence-corrected chi connectivity index (χ2v) is 3.39. The second-order valence-electron chi connectivity index (χ2n) is 3.39. The van der Waals surface area contributed by atoms with Crippen molar-refractivity contribution in [2.24, 2.45) is 0 Å². The maximum atomic E-state index is 5.55. The van der Waals surface area contributed by atoms with E-state index in [1.807, 2.05) is 18.2 Å². The predicted octanol–water partition coefficient (Wildman–Crippen LogP) is 2.91. The topological polar surface area (TPSA) is 31.4 Å². The van der Waals surface area contributed by atoms with E-state index in [9.17, 15) is 0 Å². The van der Waals surface area contributed by atoms with E-state index in [0.29, 0.717) is 13.2 Å². The molecule has 1 rings (SSSR count). The maximum Gasteiger partial charge on any atom is 0.138 e. The van der Waals surface area contributed by atoms with Gasteiger partial charge in [0.1, 0.15) is 12.4 Å². The Bertz CT molecular complexity index is 393. The first kappa shape index (κ1) is 13.2. The number of hydrogen-bond donors (Lipinski definition) is 0. The van der Waals surface area contributed by atoms with Gasteiger partial charge in [-0.25, -0.2) is 0 Å². The molecule has 3 heteroatoms. The molecule has 0 atom stereocenters. The van der Waals surface area contributed by atoms with Crippen LogP contribution in [0.2, 0.25) is 0 Å². The van der Waals surface area contributed by atoms with Crippen LogP contribution in [-0.2, 0) is 11.3 Å². The quantitative estimate of drug-likeness (QED) is 0.676. The molecule has 0 fully saturated rings. The number of rotatable bonds is 7. The lowest BCUT2D eigenvalue weighted by Crippen LogP contribution is -2.00. The number of ether oxygens (including phenoxy) is 2. The van der Waals surface area contributed by atoms with Gasteiger partial charge in [0.05, 0.1) is 18.5 Å². The summed E-state index contributed by atoms with van der Waals surface area (Å²) in [5.74, 6) is 0.724. The van der Waals surface area contributed by atoms with E-state index in [2.05, 4.69) is 18.1 Å². The van der Waals surface area contributed by atoms with Crippen molar-refractivity contribution in [2.75, 3.05) is 13.7 Å². The van der Waals surface area contributed by atoms with E-state index in [4.69, 9.17) is 9.47 Å². The standard InChI is InChI=1S/C14H17NO2/c1-4-6-12(5-2)10-17-14-8-7-13(11-16-3)15-9-14/h4-9H,1-2,10-11H2,3H3/b12-6+. The largest absolute Gasteiger partial charge is 0.487 e. The van der Waals surface area contributed by atoms with Gasteiger partial charge >= 0.3 is 0 Å². The highest BCUT2D eigenvalue weighted by Gasteiger charge is 1.97. The molecule has 17 heavy (non-hydrogen) atoms. The van der Waals surface area contributed by atoms with E-state index < -0.39 is 0 Å². The summed E-state index contributed by atoms with van der Waals surface area (Å²) in [4.78, 5) is 4.20. The van der Waals surface area contributed by atoms with Crippen molar-refractivity contribution in [3.05, 3.63) is 61.0 Å². The summed E-state index contributed by atoms with van der Waals surface area (Å²) >= 11 is 0. The van der Waals surface area contributed by atoms with Crippen LogP contribution in [0.4, 0.5) is 0 Å². The molecule has 0 aliphatic carbocycles. The van der Waals surface area contributed by atoms with Crippen molar-refractivity contribution in [3.63, 3.8) is 0 Å². The number of hydrogen-bond acceptors (Lipinski definition) is 3. The molecule has 1 aromatic heterocycles. The van der Waals surface area contributed by atoms with E-state index >= 15 is 0 Å². The molecule has 0 aliphatic heterocycles. The van der Waals surface area contributed by atoms with Crippen molar-refractivity contribution < 1.29 is 9.47 Å². The third-order valence-corrected chi connectivity index (χ3v) is 2.09. The minimum atomic E-state index is 0.459.